The number of rotatable bonds is 2. The summed E-state index contributed by atoms with van der Waals surface area (Å²) in [6.45, 7) is 4.33. The maximum Gasteiger partial charge on any atom is 0.231 e. The highest BCUT2D eigenvalue weighted by atomic mass is 79.9. The molecule has 7 heteroatoms. The van der Waals surface area contributed by atoms with Crippen LogP contribution < -0.4 is 20.1 Å². The van der Waals surface area contributed by atoms with Crippen molar-refractivity contribution in [3.63, 3.8) is 0 Å². The summed E-state index contributed by atoms with van der Waals surface area (Å²) < 4.78 is 11.9. The molecular formula is C25H22BrN3O3. The Balaban J connectivity index is 1.74. The second-order valence-corrected chi connectivity index (χ2v) is 9.99. The number of nitriles is 1. The van der Waals surface area contributed by atoms with E-state index in [1.807, 2.05) is 47.4 Å². The van der Waals surface area contributed by atoms with Gasteiger partial charge in [0, 0.05) is 27.9 Å². The van der Waals surface area contributed by atoms with Gasteiger partial charge >= 0.3 is 0 Å². The highest BCUT2D eigenvalue weighted by molar-refractivity contribution is 9.10. The van der Waals surface area contributed by atoms with Crippen LogP contribution in [-0.2, 0) is 4.79 Å². The fourth-order valence-corrected chi connectivity index (χ4v) is 5.08. The Labute approximate surface area is 195 Å². The number of nitrogens with zero attached hydrogens (tertiary/aromatic N) is 2. The second kappa shape index (κ2) is 7.42. The molecule has 2 aliphatic heterocycles. The summed E-state index contributed by atoms with van der Waals surface area (Å²) in [7, 11) is 0. The predicted molar refractivity (Wildman–Crippen MR) is 124 cm³/mol. The zero-order valence-electron chi connectivity index (χ0n) is 17.8. The van der Waals surface area contributed by atoms with Crippen LogP contribution in [-0.4, -0.2) is 12.6 Å². The second-order valence-electron chi connectivity index (χ2n) is 9.07. The molecule has 2 N–H and O–H groups in total. The van der Waals surface area contributed by atoms with Gasteiger partial charge in [0.15, 0.2) is 17.3 Å². The first-order valence-electron chi connectivity index (χ1n) is 10.4. The lowest BCUT2D eigenvalue weighted by molar-refractivity contribution is -0.118. The fraction of sp³-hybridized carbons (Fsp3) is 0.280. The number of carbonyl (C=O) groups excluding carboxylic acids is 1. The van der Waals surface area contributed by atoms with E-state index in [0.29, 0.717) is 41.3 Å². The van der Waals surface area contributed by atoms with Crippen LogP contribution in [0.1, 0.15) is 38.2 Å². The molecule has 0 fully saturated rings. The first kappa shape index (κ1) is 20.7. The van der Waals surface area contributed by atoms with Gasteiger partial charge < -0.3 is 15.2 Å². The molecule has 5 rings (SSSR count). The average molecular weight is 492 g/mol. The topological polar surface area (TPSA) is 88.6 Å². The third-order valence-corrected chi connectivity index (χ3v) is 6.72. The van der Waals surface area contributed by atoms with E-state index < -0.39 is 5.92 Å². The molecule has 0 radical (unpaired) electrons. The van der Waals surface area contributed by atoms with E-state index in [4.69, 9.17) is 15.2 Å². The lowest BCUT2D eigenvalue weighted by Gasteiger charge is -2.43. The van der Waals surface area contributed by atoms with E-state index in [1.165, 1.54) is 0 Å². The molecule has 2 aromatic carbocycles. The summed E-state index contributed by atoms with van der Waals surface area (Å²) >= 11 is 3.47. The number of carbonyl (C=O) groups is 1. The predicted octanol–water partition coefficient (Wildman–Crippen LogP) is 5.12. The van der Waals surface area contributed by atoms with Crippen LogP contribution in [0.3, 0.4) is 0 Å². The molecule has 0 spiro atoms. The van der Waals surface area contributed by atoms with Crippen molar-refractivity contribution < 1.29 is 14.3 Å². The number of nitrogens with two attached hydrogens (primary N) is 1. The molecule has 6 nitrogen and oxygen atoms in total. The summed E-state index contributed by atoms with van der Waals surface area (Å²) in [5.41, 5.74) is 9.91. The summed E-state index contributed by atoms with van der Waals surface area (Å²) in [5.74, 6) is 1.11. The number of hydrogen-bond acceptors (Lipinski definition) is 6. The normalized spacial score (nSPS) is 21.5. The van der Waals surface area contributed by atoms with Gasteiger partial charge in [-0.15, -0.1) is 0 Å². The van der Waals surface area contributed by atoms with Crippen LogP contribution in [0.15, 0.2) is 69.6 Å². The molecule has 0 saturated carbocycles. The van der Waals surface area contributed by atoms with Gasteiger partial charge in [-0.1, -0.05) is 35.8 Å². The molecule has 0 unspecified atom stereocenters. The third-order valence-electron chi connectivity index (χ3n) is 6.20. The Morgan fingerprint density at radius 2 is 1.84 bits per heavy atom. The van der Waals surface area contributed by atoms with Crippen molar-refractivity contribution in [2.24, 2.45) is 11.1 Å². The van der Waals surface area contributed by atoms with Crippen LogP contribution in [0.25, 0.3) is 0 Å². The Morgan fingerprint density at radius 1 is 1.12 bits per heavy atom. The molecule has 3 aliphatic rings. The standard InChI is InChI=1S/C25H22BrN3O3/c1-25(2)10-18-23(19(30)11-25)22(14-3-8-20-21(9-14)32-13-31-20)17(12-27)24(28)29(18)16-6-4-15(26)5-7-16/h3-9,22H,10-11,13,28H2,1-2H3/t22-/m1/s1. The van der Waals surface area contributed by atoms with E-state index in [1.54, 1.807) is 0 Å². The van der Waals surface area contributed by atoms with Crippen molar-refractivity contribution in [2.45, 2.75) is 32.6 Å². The van der Waals surface area contributed by atoms with E-state index >= 15 is 0 Å². The number of benzene rings is 2. The van der Waals surface area contributed by atoms with Gasteiger partial charge in [-0.2, -0.15) is 5.26 Å². The molecule has 0 aromatic heterocycles. The van der Waals surface area contributed by atoms with Gasteiger partial charge in [-0.25, -0.2) is 0 Å². The quantitative estimate of drug-likeness (QED) is 0.626. The molecule has 1 atom stereocenters. The SMILES string of the molecule is CC1(C)CC(=O)C2=C(C1)N(c1ccc(Br)cc1)C(N)=C(C#N)[C@H]2c1ccc2c(c1)OCO2. The summed E-state index contributed by atoms with van der Waals surface area (Å²) in [4.78, 5) is 15.4. The maximum absolute atomic E-state index is 13.5. The van der Waals surface area contributed by atoms with Crippen molar-refractivity contribution in [3.05, 3.63) is 75.2 Å². The Hall–Kier alpha value is -3.24. The van der Waals surface area contributed by atoms with Crippen molar-refractivity contribution in [1.82, 2.24) is 0 Å². The summed E-state index contributed by atoms with van der Waals surface area (Å²) in [6.07, 6.45) is 1.09. The van der Waals surface area contributed by atoms with Crippen LogP contribution in [0.2, 0.25) is 0 Å². The van der Waals surface area contributed by atoms with Gasteiger partial charge in [0.05, 0.1) is 17.6 Å². The number of anilines is 1. The van der Waals surface area contributed by atoms with Crippen molar-refractivity contribution in [1.29, 1.82) is 5.26 Å². The number of allylic oxidation sites excluding steroid dienone is 3. The fourth-order valence-electron chi connectivity index (χ4n) is 4.82. The molecule has 0 bridgehead atoms. The lowest BCUT2D eigenvalue weighted by Crippen LogP contribution is -2.42. The molecule has 32 heavy (non-hydrogen) atoms. The largest absolute Gasteiger partial charge is 0.454 e. The molecular weight excluding hydrogens is 470 g/mol. The van der Waals surface area contributed by atoms with Gasteiger partial charge in [0.25, 0.3) is 0 Å². The monoisotopic (exact) mass is 491 g/mol. The number of fused-ring (bicyclic) bond motifs is 1. The molecule has 1 aliphatic carbocycles. The zero-order valence-corrected chi connectivity index (χ0v) is 19.4. The minimum atomic E-state index is -0.542. The molecule has 0 amide bonds. The number of ether oxygens (including phenoxy) is 2. The van der Waals surface area contributed by atoms with Gasteiger partial charge in [0.2, 0.25) is 6.79 Å². The third kappa shape index (κ3) is 3.26. The highest BCUT2D eigenvalue weighted by Gasteiger charge is 2.44. The number of ketones is 1. The van der Waals surface area contributed by atoms with Crippen LogP contribution in [0.4, 0.5) is 5.69 Å². The first-order chi connectivity index (χ1) is 15.3. The van der Waals surface area contributed by atoms with Crippen LogP contribution >= 0.6 is 15.9 Å². The number of halogens is 1. The molecule has 2 heterocycles. The zero-order chi connectivity index (χ0) is 22.6. The summed E-state index contributed by atoms with van der Waals surface area (Å²) in [6, 6.07) is 15.6. The Kier molecular flexibility index (Phi) is 4.79. The molecule has 162 valence electrons. The smallest absolute Gasteiger partial charge is 0.231 e. The Bertz CT molecular complexity index is 1240. The van der Waals surface area contributed by atoms with Crippen molar-refractivity contribution >= 4 is 27.4 Å². The minimum Gasteiger partial charge on any atom is -0.454 e. The van der Waals surface area contributed by atoms with Gasteiger partial charge in [-0.05, 0) is 53.8 Å². The van der Waals surface area contributed by atoms with Crippen molar-refractivity contribution in [3.8, 4) is 17.6 Å². The van der Waals surface area contributed by atoms with Gasteiger partial charge in [-0.3, -0.25) is 9.69 Å². The first-order valence-corrected chi connectivity index (χ1v) is 11.2. The summed E-state index contributed by atoms with van der Waals surface area (Å²) in [5, 5.41) is 10.2. The van der Waals surface area contributed by atoms with E-state index in [9.17, 15) is 10.1 Å². The maximum atomic E-state index is 13.5. The van der Waals surface area contributed by atoms with Crippen LogP contribution in [0, 0.1) is 16.7 Å². The lowest BCUT2D eigenvalue weighted by atomic mass is 9.68. The number of hydrogen-bond donors (Lipinski definition) is 1. The van der Waals surface area contributed by atoms with E-state index in [2.05, 4.69) is 35.8 Å². The van der Waals surface area contributed by atoms with Crippen molar-refractivity contribution in [2.75, 3.05) is 11.7 Å². The average Bonchev–Trinajstić information content (AvgIpc) is 3.21. The highest BCUT2D eigenvalue weighted by Crippen LogP contribution is 2.51. The Morgan fingerprint density at radius 3 is 2.56 bits per heavy atom. The minimum absolute atomic E-state index is 0.0429. The van der Waals surface area contributed by atoms with Crippen LogP contribution in [0.5, 0.6) is 11.5 Å². The molecule has 2 aromatic rings. The van der Waals surface area contributed by atoms with E-state index in [-0.39, 0.29) is 18.0 Å². The number of Topliss-reactive ketones (excluding diaryl/α,β-unsaturated/α-hetero) is 1. The molecule has 0 saturated heterocycles. The van der Waals surface area contributed by atoms with Gasteiger partial charge in [0.1, 0.15) is 5.82 Å². The van der Waals surface area contributed by atoms with E-state index in [0.717, 1.165) is 21.4 Å².